The van der Waals surface area contributed by atoms with E-state index in [2.05, 4.69) is 17.0 Å². The molecule has 60 heavy (non-hydrogen) atoms. The van der Waals surface area contributed by atoms with Crippen molar-refractivity contribution in [3.8, 4) is 0 Å². The number of hydrogen-bond acceptors (Lipinski definition) is 6. The molecule has 3 aromatic carbocycles. The second-order valence-electron chi connectivity index (χ2n) is 15.9. The van der Waals surface area contributed by atoms with E-state index in [9.17, 15) is 35.9 Å². The van der Waals surface area contributed by atoms with Crippen molar-refractivity contribution in [2.75, 3.05) is 66.1 Å². The van der Waals surface area contributed by atoms with Crippen LogP contribution in [0.15, 0.2) is 60.7 Å². The molecule has 0 unspecified atom stereocenters. The number of halogens is 9. The van der Waals surface area contributed by atoms with Gasteiger partial charge < -0.3 is 29.3 Å². The third-order valence-electron chi connectivity index (χ3n) is 12.1. The normalized spacial score (nSPS) is 20.5. The average molecular weight is 909 g/mol. The van der Waals surface area contributed by atoms with E-state index in [0.29, 0.717) is 56.7 Å². The Morgan fingerprint density at radius 3 is 2.22 bits per heavy atom. The molecule has 17 heteroatoms. The van der Waals surface area contributed by atoms with E-state index in [4.69, 9.17) is 37.8 Å². The van der Waals surface area contributed by atoms with Crippen LogP contribution in [0.2, 0.25) is 10.0 Å². The fourth-order valence-corrected chi connectivity index (χ4v) is 9.06. The van der Waals surface area contributed by atoms with Crippen LogP contribution in [0, 0.1) is 0 Å². The van der Waals surface area contributed by atoms with Crippen LogP contribution in [-0.4, -0.2) is 104 Å². The number of amides is 2. The molecular formula is C43H50Cl3F6N3O5. The molecule has 2 aliphatic heterocycles. The van der Waals surface area contributed by atoms with Gasteiger partial charge in [0.1, 0.15) is 12.2 Å². The summed E-state index contributed by atoms with van der Waals surface area (Å²) in [6, 6.07) is 14.1. The minimum Gasteiger partial charge on any atom is -0.396 e. The first kappa shape index (κ1) is 47.9. The Morgan fingerprint density at radius 2 is 1.57 bits per heavy atom. The number of alkyl halides is 6. The van der Waals surface area contributed by atoms with Gasteiger partial charge in [0.05, 0.1) is 40.4 Å². The lowest BCUT2D eigenvalue weighted by molar-refractivity contribution is -0.143. The Morgan fingerprint density at radius 1 is 0.900 bits per heavy atom. The number of morpholine rings is 1. The van der Waals surface area contributed by atoms with E-state index in [-0.39, 0.29) is 78.9 Å². The average Bonchev–Trinajstić information content (AvgIpc) is 3.51. The van der Waals surface area contributed by atoms with E-state index < -0.39 is 40.6 Å². The maximum absolute atomic E-state index is 13.8. The highest BCUT2D eigenvalue weighted by molar-refractivity contribution is 6.42. The summed E-state index contributed by atoms with van der Waals surface area (Å²) >= 11 is 12.7. The minimum atomic E-state index is -5.11. The van der Waals surface area contributed by atoms with Crippen LogP contribution in [0.5, 0.6) is 0 Å². The number of carbonyl (C=O) groups excluding carboxylic acids is 2. The third-order valence-corrected chi connectivity index (χ3v) is 12.9. The molecule has 330 valence electrons. The lowest BCUT2D eigenvalue weighted by Gasteiger charge is -2.46. The van der Waals surface area contributed by atoms with Crippen LogP contribution in [-0.2, 0) is 44.1 Å². The summed E-state index contributed by atoms with van der Waals surface area (Å²) in [5, 5.41) is 9.51. The number of hydrogen-bond donors (Lipinski definition) is 1. The molecule has 1 aliphatic carbocycles. The quantitative estimate of drug-likeness (QED) is 0.128. The van der Waals surface area contributed by atoms with Crippen molar-refractivity contribution in [1.29, 1.82) is 0 Å². The fraction of sp³-hybridized carbons (Fsp3) is 0.535. The zero-order valence-corrected chi connectivity index (χ0v) is 35.6. The molecule has 0 bridgehead atoms. The number of unbranched alkanes of at least 4 members (excludes halogenated alkanes) is 3. The van der Waals surface area contributed by atoms with Gasteiger partial charge >= 0.3 is 12.4 Å². The van der Waals surface area contributed by atoms with Crippen molar-refractivity contribution in [3.63, 3.8) is 0 Å². The second-order valence-corrected chi connectivity index (χ2v) is 16.7. The molecule has 0 aromatic heterocycles. The number of aliphatic hydroxyl groups excluding tert-OH is 1. The summed E-state index contributed by atoms with van der Waals surface area (Å²) in [6.07, 6.45) is -4.51. The van der Waals surface area contributed by atoms with Gasteiger partial charge in [-0.25, -0.2) is 0 Å². The van der Waals surface area contributed by atoms with E-state index in [0.717, 1.165) is 38.5 Å². The van der Waals surface area contributed by atoms with Crippen molar-refractivity contribution < 1.29 is 50.5 Å². The second kappa shape index (κ2) is 19.9. The molecule has 0 radical (unpaired) electrons. The van der Waals surface area contributed by atoms with E-state index in [1.54, 1.807) is 30.1 Å². The van der Waals surface area contributed by atoms with Crippen molar-refractivity contribution in [3.05, 3.63) is 104 Å². The summed E-state index contributed by atoms with van der Waals surface area (Å²) in [4.78, 5) is 32.1. The molecule has 8 nitrogen and oxygen atoms in total. The Balaban J connectivity index is 0.00000683. The van der Waals surface area contributed by atoms with Crippen LogP contribution < -0.4 is 0 Å². The summed E-state index contributed by atoms with van der Waals surface area (Å²) in [6.45, 7) is 2.30. The number of rotatable bonds is 14. The molecule has 2 heterocycles. The van der Waals surface area contributed by atoms with Crippen LogP contribution in [0.1, 0.15) is 83.1 Å². The first-order valence-electron chi connectivity index (χ1n) is 19.9. The number of carbonyl (C=O) groups is 2. The zero-order valence-electron chi connectivity index (χ0n) is 33.2. The smallest absolute Gasteiger partial charge is 0.396 e. The molecular weight excluding hydrogens is 859 g/mol. The Hall–Kier alpha value is -3.11. The lowest BCUT2D eigenvalue weighted by Crippen LogP contribution is -2.54. The Labute approximate surface area is 362 Å². The molecule has 3 aliphatic rings. The van der Waals surface area contributed by atoms with Crippen LogP contribution >= 0.6 is 35.6 Å². The van der Waals surface area contributed by atoms with E-state index in [1.807, 2.05) is 12.1 Å². The summed E-state index contributed by atoms with van der Waals surface area (Å²) < 4.78 is 95.2. The van der Waals surface area contributed by atoms with Gasteiger partial charge in [-0.2, -0.15) is 26.3 Å². The SMILES string of the molecule is CN(CCCCCCO)C(=O)CO[C@H]1Cc2ccccc2C12CCN(CC[C@@]1(c3ccc(Cl)c(Cl)c3)CN(C(=O)c3cc(C(F)(F)F)cc(C(F)(F)F)c3)CCO1)CC2.Cl. The number of likely N-dealkylation sites (tertiary alicyclic amines) is 1. The maximum atomic E-state index is 13.8. The lowest BCUT2D eigenvalue weighted by atomic mass is 9.72. The minimum absolute atomic E-state index is 0. The summed E-state index contributed by atoms with van der Waals surface area (Å²) in [5.41, 5.74) is -2.43. The fourth-order valence-electron chi connectivity index (χ4n) is 8.77. The highest BCUT2D eigenvalue weighted by atomic mass is 35.5. The summed E-state index contributed by atoms with van der Waals surface area (Å²) in [7, 11) is 1.78. The number of piperidine rings is 1. The van der Waals surface area contributed by atoms with Gasteiger partial charge in [0.15, 0.2) is 0 Å². The number of ether oxygens (including phenoxy) is 2. The van der Waals surface area contributed by atoms with Crippen LogP contribution in [0.3, 0.4) is 0 Å². The number of aliphatic hydroxyl groups is 1. The number of benzene rings is 3. The molecule has 3 aromatic rings. The van der Waals surface area contributed by atoms with Crippen LogP contribution in [0.4, 0.5) is 26.3 Å². The van der Waals surface area contributed by atoms with Crippen molar-refractivity contribution in [2.45, 2.75) is 80.8 Å². The predicted molar refractivity (Wildman–Crippen MR) is 219 cm³/mol. The number of nitrogens with zero attached hydrogens (tertiary/aromatic N) is 3. The predicted octanol–water partition coefficient (Wildman–Crippen LogP) is 9.20. The number of fused-ring (bicyclic) bond motifs is 2. The van der Waals surface area contributed by atoms with E-state index >= 15 is 0 Å². The zero-order chi connectivity index (χ0) is 42.6. The molecule has 2 fully saturated rings. The maximum Gasteiger partial charge on any atom is 0.416 e. The van der Waals surface area contributed by atoms with Gasteiger partial charge in [0, 0.05) is 44.3 Å². The Bertz CT molecular complexity index is 1930. The first-order chi connectivity index (χ1) is 28.0. The van der Waals surface area contributed by atoms with Crippen molar-refractivity contribution in [2.24, 2.45) is 0 Å². The molecule has 1 spiro atoms. The highest BCUT2D eigenvalue weighted by Gasteiger charge is 2.50. The van der Waals surface area contributed by atoms with Crippen molar-refractivity contribution >= 4 is 47.4 Å². The molecule has 2 saturated heterocycles. The van der Waals surface area contributed by atoms with Gasteiger partial charge in [0.25, 0.3) is 5.91 Å². The third kappa shape index (κ3) is 10.9. The van der Waals surface area contributed by atoms with Gasteiger partial charge in [-0.1, -0.05) is 66.4 Å². The van der Waals surface area contributed by atoms with Gasteiger partial charge in [0.2, 0.25) is 5.91 Å². The highest BCUT2D eigenvalue weighted by Crippen LogP contribution is 2.48. The van der Waals surface area contributed by atoms with Crippen molar-refractivity contribution in [1.82, 2.24) is 14.7 Å². The molecule has 2 atom stereocenters. The molecule has 2 amide bonds. The number of likely N-dealkylation sites (N-methyl/N-ethyl adjacent to an activating group) is 1. The van der Waals surface area contributed by atoms with Gasteiger partial charge in [-0.05, 0) is 98.6 Å². The first-order valence-corrected chi connectivity index (χ1v) is 20.7. The monoisotopic (exact) mass is 907 g/mol. The topological polar surface area (TPSA) is 82.5 Å². The van der Waals surface area contributed by atoms with Gasteiger partial charge in [-0.15, -0.1) is 12.4 Å². The standard InChI is InChI=1S/C43H49Cl2F6N3O5.ClH/c1-52(15-6-2-3-7-20-55)38(56)27-58-37-24-29-8-4-5-9-34(29)40(37)12-16-53(17-13-40)18-14-41(31-10-11-35(44)36(45)26-31)28-54(19-21-59-41)39(57)30-22-32(42(46,47)48)25-33(23-30)43(49,50)51;/h4-5,8-11,22-23,25-26,37,55H,2-3,6-7,12-21,24,27-28H2,1H3;1H/t37-,41-;/m0./s1. The molecule has 0 saturated carbocycles. The summed E-state index contributed by atoms with van der Waals surface area (Å²) in [5.74, 6) is -1.07. The molecule has 6 rings (SSSR count). The van der Waals surface area contributed by atoms with Crippen LogP contribution in [0.25, 0.3) is 0 Å². The largest absolute Gasteiger partial charge is 0.416 e. The van der Waals surface area contributed by atoms with Gasteiger partial charge in [-0.3, -0.25) is 9.59 Å². The molecule has 1 N–H and O–H groups in total. The van der Waals surface area contributed by atoms with E-state index in [1.165, 1.54) is 16.0 Å². The Kier molecular flexibility index (Phi) is 15.9.